The summed E-state index contributed by atoms with van der Waals surface area (Å²) in [5.74, 6) is -3.12. The van der Waals surface area contributed by atoms with E-state index < -0.39 is 35.3 Å². The van der Waals surface area contributed by atoms with Crippen molar-refractivity contribution < 1.29 is 31.5 Å². The number of alkyl halides is 3. The summed E-state index contributed by atoms with van der Waals surface area (Å²) in [4.78, 5) is 23.9. The van der Waals surface area contributed by atoms with Crippen molar-refractivity contribution in [3.8, 4) is 11.9 Å². The van der Waals surface area contributed by atoms with E-state index >= 15 is 0 Å². The molecule has 5 rings (SSSR count). The SMILES string of the molecule is C=C(F)C(=O)N1CCN(c2c(C#N)c(OCC3CCCN3C)nc3c2CCN(c2cccc(F)c2C(F)(F)F)C3)C[C@H]1C. The molecule has 0 radical (unpaired) electrons. The van der Waals surface area contributed by atoms with Crippen LogP contribution in [0.25, 0.3) is 0 Å². The Morgan fingerprint density at radius 2 is 1.98 bits per heavy atom. The number of aromatic nitrogens is 1. The van der Waals surface area contributed by atoms with Crippen LogP contribution in [-0.4, -0.2) is 79.2 Å². The van der Waals surface area contributed by atoms with Gasteiger partial charge >= 0.3 is 6.18 Å². The smallest absolute Gasteiger partial charge is 0.421 e. The first kappa shape index (κ1) is 30.5. The number of nitriles is 1. The summed E-state index contributed by atoms with van der Waals surface area (Å²) in [6.45, 7) is 6.88. The number of likely N-dealkylation sites (tertiary alicyclic amines) is 1. The summed E-state index contributed by atoms with van der Waals surface area (Å²) >= 11 is 0. The van der Waals surface area contributed by atoms with Gasteiger partial charge in [-0.3, -0.25) is 4.79 Å². The molecular weight excluding hydrogens is 571 g/mol. The second kappa shape index (κ2) is 12.0. The zero-order valence-electron chi connectivity index (χ0n) is 24.1. The summed E-state index contributed by atoms with van der Waals surface area (Å²) in [6, 6.07) is 5.21. The van der Waals surface area contributed by atoms with Crippen molar-refractivity contribution in [1.82, 2.24) is 14.8 Å². The quantitative estimate of drug-likeness (QED) is 0.351. The van der Waals surface area contributed by atoms with E-state index in [0.29, 0.717) is 16.9 Å². The maximum atomic E-state index is 14.4. The number of carbonyl (C=O) groups is 1. The molecule has 230 valence electrons. The van der Waals surface area contributed by atoms with Gasteiger partial charge in [0.25, 0.3) is 5.91 Å². The molecule has 1 amide bonds. The number of rotatable bonds is 6. The van der Waals surface area contributed by atoms with Gasteiger partial charge in [-0.15, -0.1) is 0 Å². The molecule has 1 unspecified atom stereocenters. The Morgan fingerprint density at radius 3 is 2.60 bits per heavy atom. The predicted octanol–water partition coefficient (Wildman–Crippen LogP) is 4.67. The Labute approximate surface area is 246 Å². The summed E-state index contributed by atoms with van der Waals surface area (Å²) in [5.41, 5.74) is 0.248. The second-order valence-electron chi connectivity index (χ2n) is 11.3. The Bertz CT molecular complexity index is 1460. The van der Waals surface area contributed by atoms with Gasteiger partial charge in [-0.05, 0) is 51.9 Å². The van der Waals surface area contributed by atoms with Gasteiger partial charge in [0.15, 0.2) is 5.83 Å². The lowest BCUT2D eigenvalue weighted by Gasteiger charge is -2.42. The fourth-order valence-corrected chi connectivity index (χ4v) is 6.33. The van der Waals surface area contributed by atoms with Gasteiger partial charge in [0, 0.05) is 43.8 Å². The van der Waals surface area contributed by atoms with Gasteiger partial charge in [0.1, 0.15) is 29.6 Å². The fourth-order valence-electron chi connectivity index (χ4n) is 6.33. The van der Waals surface area contributed by atoms with Crippen molar-refractivity contribution in [3.63, 3.8) is 0 Å². The van der Waals surface area contributed by atoms with Crippen LogP contribution in [0.2, 0.25) is 0 Å². The average molecular weight is 605 g/mol. The number of hydrogen-bond donors (Lipinski definition) is 0. The topological polar surface area (TPSA) is 75.9 Å². The molecule has 3 aliphatic heterocycles. The van der Waals surface area contributed by atoms with E-state index in [1.165, 1.54) is 21.9 Å². The van der Waals surface area contributed by atoms with E-state index in [2.05, 4.69) is 22.5 Å². The highest BCUT2D eigenvalue weighted by Gasteiger charge is 2.40. The predicted molar refractivity (Wildman–Crippen MR) is 150 cm³/mol. The largest absolute Gasteiger partial charge is 0.475 e. The monoisotopic (exact) mass is 604 g/mol. The minimum absolute atomic E-state index is 0.0596. The average Bonchev–Trinajstić information content (AvgIpc) is 3.37. The lowest BCUT2D eigenvalue weighted by molar-refractivity contribution is -0.139. The molecule has 3 aliphatic rings. The van der Waals surface area contributed by atoms with Crippen LogP contribution < -0.4 is 14.5 Å². The zero-order valence-corrected chi connectivity index (χ0v) is 24.1. The number of pyridine rings is 1. The molecule has 8 nitrogen and oxygen atoms in total. The zero-order chi connectivity index (χ0) is 31.1. The molecule has 1 aromatic heterocycles. The lowest BCUT2D eigenvalue weighted by atomic mass is 9.96. The molecule has 0 aliphatic carbocycles. The normalized spacial score (nSPS) is 21.0. The van der Waals surface area contributed by atoms with Crippen LogP contribution in [0.15, 0.2) is 30.6 Å². The summed E-state index contributed by atoms with van der Waals surface area (Å²) < 4.78 is 75.9. The highest BCUT2D eigenvalue weighted by molar-refractivity contribution is 5.91. The first-order chi connectivity index (χ1) is 20.4. The van der Waals surface area contributed by atoms with Crippen molar-refractivity contribution in [2.24, 2.45) is 0 Å². The van der Waals surface area contributed by atoms with Crippen LogP contribution in [0.1, 0.15) is 42.1 Å². The van der Waals surface area contributed by atoms with Gasteiger partial charge in [-0.25, -0.2) is 13.8 Å². The molecule has 2 saturated heterocycles. The number of ether oxygens (including phenoxy) is 1. The molecule has 2 atom stereocenters. The van der Waals surface area contributed by atoms with Crippen molar-refractivity contribution in [2.75, 3.05) is 56.2 Å². The number of anilines is 2. The van der Waals surface area contributed by atoms with Gasteiger partial charge < -0.3 is 24.3 Å². The highest BCUT2D eigenvalue weighted by atomic mass is 19.4. The van der Waals surface area contributed by atoms with Crippen molar-refractivity contribution in [2.45, 2.75) is 51.0 Å². The lowest BCUT2D eigenvalue weighted by Crippen LogP contribution is -2.54. The molecule has 0 saturated carbocycles. The fraction of sp³-hybridized carbons (Fsp3) is 0.500. The standard InChI is InChI=1S/C30H33F5N6O2/c1-18-15-40(12-13-41(18)29(42)19(2)31)27-21-9-11-39(25-8-4-7-23(32)26(25)30(33,34)35)16-24(21)37-28(22(27)14-36)43-17-20-6-5-10-38(20)3/h4,7-8,18,20H,2,5-6,9-13,15-17H2,1,3H3/t18-,20?/m1/s1. The second-order valence-corrected chi connectivity index (χ2v) is 11.3. The van der Waals surface area contributed by atoms with Crippen molar-refractivity contribution in [3.05, 3.63) is 58.8 Å². The number of amides is 1. The number of piperazine rings is 1. The van der Waals surface area contributed by atoms with Crippen LogP contribution in [0.5, 0.6) is 5.88 Å². The van der Waals surface area contributed by atoms with Crippen LogP contribution in [0.3, 0.4) is 0 Å². The molecular formula is C30H33F5N6O2. The van der Waals surface area contributed by atoms with Gasteiger partial charge in [-0.2, -0.15) is 18.4 Å². The number of likely N-dealkylation sites (N-methyl/N-ethyl adjacent to an activating group) is 1. The minimum atomic E-state index is -4.90. The molecule has 13 heteroatoms. The summed E-state index contributed by atoms with van der Waals surface area (Å²) in [5, 5.41) is 10.3. The van der Waals surface area contributed by atoms with Crippen molar-refractivity contribution in [1.29, 1.82) is 5.26 Å². The maximum absolute atomic E-state index is 14.4. The third-order valence-electron chi connectivity index (χ3n) is 8.54. The Hall–Kier alpha value is -3.92. The third-order valence-corrected chi connectivity index (χ3v) is 8.54. The summed E-state index contributed by atoms with van der Waals surface area (Å²) in [6.07, 6.45) is -2.74. The summed E-state index contributed by atoms with van der Waals surface area (Å²) in [7, 11) is 1.99. The van der Waals surface area contributed by atoms with E-state index in [-0.39, 0.29) is 68.9 Å². The van der Waals surface area contributed by atoms with E-state index in [1.807, 2.05) is 11.9 Å². The minimum Gasteiger partial charge on any atom is -0.475 e. The first-order valence-electron chi connectivity index (χ1n) is 14.2. The maximum Gasteiger partial charge on any atom is 0.421 e. The number of nitrogens with zero attached hydrogens (tertiary/aromatic N) is 6. The number of halogens is 5. The van der Waals surface area contributed by atoms with E-state index in [1.54, 1.807) is 6.92 Å². The molecule has 1 aromatic carbocycles. The van der Waals surface area contributed by atoms with Crippen molar-refractivity contribution >= 4 is 17.3 Å². The molecule has 2 fully saturated rings. The first-order valence-corrected chi connectivity index (χ1v) is 14.2. The van der Waals surface area contributed by atoms with Crippen LogP contribution in [0, 0.1) is 17.1 Å². The molecule has 4 heterocycles. The van der Waals surface area contributed by atoms with Gasteiger partial charge in [0.2, 0.25) is 5.88 Å². The molecule has 2 aromatic rings. The number of carbonyl (C=O) groups excluding carboxylic acids is 1. The van der Waals surface area contributed by atoms with Crippen LogP contribution in [0.4, 0.5) is 33.3 Å². The third kappa shape index (κ3) is 5.98. The van der Waals surface area contributed by atoms with E-state index in [9.17, 15) is 32.0 Å². The molecule has 0 spiro atoms. The van der Waals surface area contributed by atoms with E-state index in [0.717, 1.165) is 25.5 Å². The van der Waals surface area contributed by atoms with Gasteiger partial charge in [-0.1, -0.05) is 12.6 Å². The molecule has 43 heavy (non-hydrogen) atoms. The Morgan fingerprint density at radius 1 is 1.21 bits per heavy atom. The van der Waals surface area contributed by atoms with Gasteiger partial charge in [0.05, 0.1) is 23.6 Å². The molecule has 0 bridgehead atoms. The number of benzene rings is 1. The highest BCUT2D eigenvalue weighted by Crippen LogP contribution is 2.42. The number of fused-ring (bicyclic) bond motifs is 1. The van der Waals surface area contributed by atoms with Crippen LogP contribution >= 0.6 is 0 Å². The Kier molecular flexibility index (Phi) is 8.51. The van der Waals surface area contributed by atoms with E-state index in [4.69, 9.17) is 4.74 Å². The van der Waals surface area contributed by atoms with Crippen LogP contribution in [-0.2, 0) is 23.9 Å². The Balaban J connectivity index is 1.54. The molecule has 0 N–H and O–H groups in total. The number of hydrogen-bond acceptors (Lipinski definition) is 7.